The van der Waals surface area contributed by atoms with Crippen LogP contribution in [-0.2, 0) is 11.2 Å². The van der Waals surface area contributed by atoms with Crippen LogP contribution in [0.4, 0.5) is 0 Å². The van der Waals surface area contributed by atoms with Gasteiger partial charge in [0.25, 0.3) is 0 Å². The molecular formula is C18H27IN4O. The highest BCUT2D eigenvalue weighted by Crippen LogP contribution is 2.60. The number of fused-ring (bicyclic) bond motifs is 2. The second kappa shape index (κ2) is 7.56. The van der Waals surface area contributed by atoms with Gasteiger partial charge in [0, 0.05) is 48.8 Å². The molecule has 4 rings (SSSR count). The molecule has 0 bridgehead atoms. The normalized spacial score (nSPS) is 30.5. The van der Waals surface area contributed by atoms with Crippen LogP contribution in [0.1, 0.15) is 37.8 Å². The molecule has 2 heterocycles. The van der Waals surface area contributed by atoms with Crippen molar-refractivity contribution >= 4 is 29.9 Å². The van der Waals surface area contributed by atoms with Gasteiger partial charge in [-0.2, -0.15) is 0 Å². The zero-order valence-corrected chi connectivity index (χ0v) is 16.3. The lowest BCUT2D eigenvalue weighted by Crippen LogP contribution is -2.69. The number of rotatable bonds is 4. The van der Waals surface area contributed by atoms with Gasteiger partial charge in [-0.3, -0.25) is 9.98 Å². The van der Waals surface area contributed by atoms with Crippen molar-refractivity contribution < 1.29 is 4.74 Å². The van der Waals surface area contributed by atoms with Gasteiger partial charge < -0.3 is 15.8 Å². The lowest BCUT2D eigenvalue weighted by atomic mass is 9.54. The molecule has 0 amide bonds. The molecule has 132 valence electrons. The van der Waals surface area contributed by atoms with Gasteiger partial charge in [-0.15, -0.1) is 24.0 Å². The van der Waals surface area contributed by atoms with Crippen LogP contribution in [0.3, 0.4) is 0 Å². The lowest BCUT2D eigenvalue weighted by Gasteiger charge is -2.57. The Balaban J connectivity index is 0.00000169. The minimum Gasteiger partial charge on any atom is -0.377 e. The average Bonchev–Trinajstić information content (AvgIpc) is 3.22. The molecule has 24 heavy (non-hydrogen) atoms. The number of ether oxygens (including phenoxy) is 1. The monoisotopic (exact) mass is 442 g/mol. The first kappa shape index (κ1) is 17.9. The fourth-order valence-corrected chi connectivity index (χ4v) is 4.95. The van der Waals surface area contributed by atoms with Crippen molar-refractivity contribution in [3.05, 3.63) is 30.1 Å². The summed E-state index contributed by atoms with van der Waals surface area (Å²) in [5, 5.41) is 3.53. The molecule has 1 aromatic rings. The molecule has 0 aromatic carbocycles. The van der Waals surface area contributed by atoms with E-state index < -0.39 is 0 Å². The minimum absolute atomic E-state index is 0. The van der Waals surface area contributed by atoms with E-state index in [1.165, 1.54) is 25.7 Å². The van der Waals surface area contributed by atoms with Crippen molar-refractivity contribution in [3.63, 3.8) is 0 Å². The number of hydrogen-bond acceptors (Lipinski definition) is 3. The molecule has 3 N–H and O–H groups in total. The Bertz CT molecular complexity index is 574. The molecule has 3 atom stereocenters. The van der Waals surface area contributed by atoms with Crippen LogP contribution < -0.4 is 11.1 Å². The summed E-state index contributed by atoms with van der Waals surface area (Å²) in [5.41, 5.74) is 7.54. The summed E-state index contributed by atoms with van der Waals surface area (Å²) >= 11 is 0. The summed E-state index contributed by atoms with van der Waals surface area (Å²) in [6.07, 6.45) is 9.45. The summed E-state index contributed by atoms with van der Waals surface area (Å²) in [6, 6.07) is 6.42. The predicted molar refractivity (Wildman–Crippen MR) is 106 cm³/mol. The van der Waals surface area contributed by atoms with E-state index in [1.54, 1.807) is 0 Å². The fraction of sp³-hybridized carbons (Fsp3) is 0.667. The van der Waals surface area contributed by atoms with Gasteiger partial charge in [0.05, 0.1) is 6.10 Å². The van der Waals surface area contributed by atoms with Crippen molar-refractivity contribution in [2.45, 2.75) is 50.7 Å². The summed E-state index contributed by atoms with van der Waals surface area (Å²) in [7, 11) is 0. The number of hydrogen-bond donors (Lipinski definition) is 2. The van der Waals surface area contributed by atoms with Gasteiger partial charge in [-0.1, -0.05) is 18.9 Å². The molecule has 2 aliphatic carbocycles. The average molecular weight is 442 g/mol. The van der Waals surface area contributed by atoms with Crippen LogP contribution in [-0.4, -0.2) is 36.2 Å². The first-order chi connectivity index (χ1) is 11.3. The highest BCUT2D eigenvalue weighted by atomic mass is 127. The highest BCUT2D eigenvalue weighted by Gasteiger charge is 2.64. The second-order valence-electron chi connectivity index (χ2n) is 7.14. The lowest BCUT2D eigenvalue weighted by molar-refractivity contribution is -0.124. The highest BCUT2D eigenvalue weighted by molar-refractivity contribution is 14.0. The number of halogens is 1. The second-order valence-corrected chi connectivity index (χ2v) is 7.14. The zero-order valence-electron chi connectivity index (χ0n) is 14.0. The van der Waals surface area contributed by atoms with Crippen LogP contribution in [0, 0.1) is 11.3 Å². The summed E-state index contributed by atoms with van der Waals surface area (Å²) in [5.74, 6) is 1.21. The topological polar surface area (TPSA) is 72.5 Å². The molecule has 2 saturated carbocycles. The van der Waals surface area contributed by atoms with Crippen LogP contribution >= 0.6 is 24.0 Å². The van der Waals surface area contributed by atoms with Crippen molar-refractivity contribution in [2.24, 2.45) is 22.1 Å². The maximum atomic E-state index is 6.16. The Morgan fingerprint density at radius 2 is 2.21 bits per heavy atom. The zero-order chi connectivity index (χ0) is 15.7. The molecule has 3 aliphatic rings. The van der Waals surface area contributed by atoms with Gasteiger partial charge >= 0.3 is 0 Å². The van der Waals surface area contributed by atoms with Crippen molar-refractivity contribution in [1.82, 2.24) is 10.3 Å². The molecule has 1 aliphatic heterocycles. The van der Waals surface area contributed by atoms with Crippen LogP contribution in [0.5, 0.6) is 0 Å². The Labute approximate surface area is 160 Å². The van der Waals surface area contributed by atoms with E-state index in [4.69, 9.17) is 10.5 Å². The Hall–Kier alpha value is -0.890. The molecule has 3 unspecified atom stereocenters. The number of nitrogens with one attached hydrogen (secondary N) is 1. The standard InChI is InChI=1S/C18H26N4O.HI/c19-17(21-11-6-13-5-1-4-10-20-13)22-15-14-7-12-23-16(14)18(15)8-2-3-9-18;/h1,4-5,10,14-16H,2-3,6-9,11-12H2,(H3,19,21,22);1H. The van der Waals surface area contributed by atoms with E-state index >= 15 is 0 Å². The third-order valence-corrected chi connectivity index (χ3v) is 5.97. The van der Waals surface area contributed by atoms with Crippen molar-refractivity contribution in [3.8, 4) is 0 Å². The number of aromatic nitrogens is 1. The summed E-state index contributed by atoms with van der Waals surface area (Å²) in [4.78, 5) is 8.83. The van der Waals surface area contributed by atoms with Gasteiger partial charge in [0.1, 0.15) is 0 Å². The van der Waals surface area contributed by atoms with Crippen LogP contribution in [0.15, 0.2) is 29.4 Å². The maximum Gasteiger partial charge on any atom is 0.188 e. The minimum atomic E-state index is 0. The van der Waals surface area contributed by atoms with E-state index in [1.807, 2.05) is 24.4 Å². The third-order valence-electron chi connectivity index (χ3n) is 5.97. The molecule has 1 spiro atoms. The number of pyridine rings is 1. The van der Waals surface area contributed by atoms with Gasteiger partial charge in [-0.25, -0.2) is 0 Å². The Morgan fingerprint density at radius 1 is 1.38 bits per heavy atom. The van der Waals surface area contributed by atoms with Gasteiger partial charge in [-0.05, 0) is 31.4 Å². The predicted octanol–water partition coefficient (Wildman–Crippen LogP) is 2.49. The first-order valence-corrected chi connectivity index (χ1v) is 8.87. The van der Waals surface area contributed by atoms with Gasteiger partial charge in [0.2, 0.25) is 0 Å². The largest absolute Gasteiger partial charge is 0.377 e. The molecule has 1 saturated heterocycles. The Morgan fingerprint density at radius 3 is 2.96 bits per heavy atom. The van der Waals surface area contributed by atoms with Crippen molar-refractivity contribution in [2.75, 3.05) is 13.2 Å². The van der Waals surface area contributed by atoms with Crippen LogP contribution in [0.2, 0.25) is 0 Å². The maximum absolute atomic E-state index is 6.16. The molecule has 3 fully saturated rings. The molecule has 1 aromatic heterocycles. The first-order valence-electron chi connectivity index (χ1n) is 8.87. The summed E-state index contributed by atoms with van der Waals surface area (Å²) < 4.78 is 6.01. The smallest absolute Gasteiger partial charge is 0.188 e. The molecule has 0 radical (unpaired) electrons. The third kappa shape index (κ3) is 3.14. The molecule has 6 heteroatoms. The summed E-state index contributed by atoms with van der Waals surface area (Å²) in [6.45, 7) is 1.59. The van der Waals surface area contributed by atoms with Crippen LogP contribution in [0.25, 0.3) is 0 Å². The van der Waals surface area contributed by atoms with E-state index in [9.17, 15) is 0 Å². The number of nitrogens with two attached hydrogens (primary N) is 1. The van der Waals surface area contributed by atoms with E-state index in [-0.39, 0.29) is 24.0 Å². The fourth-order valence-electron chi connectivity index (χ4n) is 4.95. The molecular weight excluding hydrogens is 415 g/mol. The van der Waals surface area contributed by atoms with E-state index in [0.29, 0.717) is 36.0 Å². The quantitative estimate of drug-likeness (QED) is 0.427. The Kier molecular flexibility index (Phi) is 5.64. The SMILES string of the molecule is I.NC(=NCCc1ccccn1)NC1C2CCOC2C12CCCC2. The number of nitrogens with zero attached hydrogens (tertiary/aromatic N) is 2. The molecule has 5 nitrogen and oxygen atoms in total. The van der Waals surface area contributed by atoms with Crippen molar-refractivity contribution in [1.29, 1.82) is 0 Å². The number of aliphatic imine (C=N–C) groups is 1. The van der Waals surface area contributed by atoms with E-state index in [0.717, 1.165) is 25.1 Å². The van der Waals surface area contributed by atoms with E-state index in [2.05, 4.69) is 15.3 Å². The number of guanidine groups is 1. The van der Waals surface area contributed by atoms with Gasteiger partial charge in [0.15, 0.2) is 5.96 Å².